The Labute approximate surface area is 196 Å². The van der Waals surface area contributed by atoms with Crippen molar-refractivity contribution in [2.75, 3.05) is 5.32 Å². The smallest absolute Gasteiger partial charge is 0.329 e. The summed E-state index contributed by atoms with van der Waals surface area (Å²) in [5.41, 5.74) is 6.00. The first-order valence-corrected chi connectivity index (χ1v) is 10.5. The van der Waals surface area contributed by atoms with Gasteiger partial charge in [0.15, 0.2) is 0 Å². The van der Waals surface area contributed by atoms with Crippen molar-refractivity contribution in [3.05, 3.63) is 93.0 Å². The van der Waals surface area contributed by atoms with Gasteiger partial charge in [0, 0.05) is 16.3 Å². The van der Waals surface area contributed by atoms with Crippen molar-refractivity contribution in [1.29, 1.82) is 0 Å². The molecule has 164 valence electrons. The maximum Gasteiger partial charge on any atom is 0.329 e. The molecule has 0 atom stereocenters. The second kappa shape index (κ2) is 10.8. The first-order chi connectivity index (χ1) is 15.3. The molecule has 2 amide bonds. The Balaban J connectivity index is 1.56. The second-order valence-electron chi connectivity index (χ2n) is 6.99. The highest BCUT2D eigenvalue weighted by atomic mass is 35.5. The fourth-order valence-electron chi connectivity index (χ4n) is 2.88. The molecule has 0 aliphatic heterocycles. The van der Waals surface area contributed by atoms with Crippen molar-refractivity contribution in [2.45, 2.75) is 20.5 Å². The van der Waals surface area contributed by atoms with E-state index < -0.39 is 11.8 Å². The summed E-state index contributed by atoms with van der Waals surface area (Å²) >= 11 is 12.4. The summed E-state index contributed by atoms with van der Waals surface area (Å²) in [5.74, 6) is -1.20. The van der Waals surface area contributed by atoms with Gasteiger partial charge in [-0.1, -0.05) is 59.6 Å². The molecular formula is C24H21Cl2N3O3. The number of anilines is 1. The SMILES string of the molecule is Cc1cccc(C)c1NC(=O)C(=O)N/N=C\c1ccc(OCc2ccccc2Cl)c(Cl)c1. The van der Waals surface area contributed by atoms with Crippen molar-refractivity contribution < 1.29 is 14.3 Å². The summed E-state index contributed by atoms with van der Waals surface area (Å²) in [5, 5.41) is 7.42. The van der Waals surface area contributed by atoms with Crippen molar-refractivity contribution in [3.8, 4) is 5.75 Å². The monoisotopic (exact) mass is 469 g/mol. The third-order valence-corrected chi connectivity index (χ3v) is 5.27. The summed E-state index contributed by atoms with van der Waals surface area (Å²) in [6, 6.07) is 18.0. The van der Waals surface area contributed by atoms with Crippen molar-refractivity contribution >= 4 is 46.9 Å². The standard InChI is InChI=1S/C24H21Cl2N3O3/c1-15-6-5-7-16(2)22(15)28-23(30)24(31)29-27-13-17-10-11-21(20(26)12-17)32-14-18-8-3-4-9-19(18)25/h3-13H,14H2,1-2H3,(H,28,30)(H,29,31)/b27-13-. The van der Waals surface area contributed by atoms with Crippen LogP contribution in [0.2, 0.25) is 10.0 Å². The Morgan fingerprint density at radius 1 is 0.938 bits per heavy atom. The Hall–Kier alpha value is -3.35. The summed E-state index contributed by atoms with van der Waals surface area (Å²) in [4.78, 5) is 24.2. The van der Waals surface area contributed by atoms with Gasteiger partial charge in [-0.25, -0.2) is 5.43 Å². The molecule has 0 unspecified atom stereocenters. The van der Waals surface area contributed by atoms with Gasteiger partial charge >= 0.3 is 11.8 Å². The molecule has 0 fully saturated rings. The lowest BCUT2D eigenvalue weighted by molar-refractivity contribution is -0.136. The van der Waals surface area contributed by atoms with Crippen LogP contribution >= 0.6 is 23.2 Å². The number of hydrazone groups is 1. The minimum Gasteiger partial charge on any atom is -0.487 e. The van der Waals surface area contributed by atoms with E-state index in [9.17, 15) is 9.59 Å². The molecular weight excluding hydrogens is 449 g/mol. The van der Waals surface area contributed by atoms with Gasteiger partial charge in [-0.3, -0.25) is 9.59 Å². The average Bonchev–Trinajstić information content (AvgIpc) is 2.76. The predicted octanol–water partition coefficient (Wildman–Crippen LogP) is 5.28. The van der Waals surface area contributed by atoms with Crippen LogP contribution in [-0.2, 0) is 16.2 Å². The third-order valence-electron chi connectivity index (χ3n) is 4.60. The number of rotatable bonds is 6. The fraction of sp³-hybridized carbons (Fsp3) is 0.125. The zero-order chi connectivity index (χ0) is 23.1. The molecule has 8 heteroatoms. The number of nitrogens with zero attached hydrogens (tertiary/aromatic N) is 1. The summed E-state index contributed by atoms with van der Waals surface area (Å²) < 4.78 is 5.73. The van der Waals surface area contributed by atoms with Crippen molar-refractivity contribution in [1.82, 2.24) is 5.43 Å². The minimum absolute atomic E-state index is 0.276. The van der Waals surface area contributed by atoms with Crippen molar-refractivity contribution in [2.24, 2.45) is 5.10 Å². The van der Waals surface area contributed by atoms with Crippen LogP contribution in [0.4, 0.5) is 5.69 Å². The Kier molecular flexibility index (Phi) is 7.87. The number of hydrogen-bond acceptors (Lipinski definition) is 4. The van der Waals surface area contributed by atoms with Gasteiger partial charge in [-0.15, -0.1) is 0 Å². The van der Waals surface area contributed by atoms with E-state index in [4.69, 9.17) is 27.9 Å². The molecule has 0 saturated heterocycles. The fourth-order valence-corrected chi connectivity index (χ4v) is 3.32. The topological polar surface area (TPSA) is 79.8 Å². The predicted molar refractivity (Wildman–Crippen MR) is 128 cm³/mol. The summed E-state index contributed by atoms with van der Waals surface area (Å²) in [6.45, 7) is 3.98. The van der Waals surface area contributed by atoms with Crippen LogP contribution in [-0.4, -0.2) is 18.0 Å². The lowest BCUT2D eigenvalue weighted by Crippen LogP contribution is -2.32. The van der Waals surface area contributed by atoms with Crippen LogP contribution in [0.15, 0.2) is 65.8 Å². The van der Waals surface area contributed by atoms with Crippen LogP contribution < -0.4 is 15.5 Å². The highest BCUT2D eigenvalue weighted by Crippen LogP contribution is 2.27. The number of para-hydroxylation sites is 1. The number of amides is 2. The van der Waals surface area contributed by atoms with Gasteiger partial charge in [0.2, 0.25) is 0 Å². The minimum atomic E-state index is -0.880. The van der Waals surface area contributed by atoms with Gasteiger partial charge in [0.25, 0.3) is 0 Å². The largest absolute Gasteiger partial charge is 0.487 e. The first kappa shape index (κ1) is 23.3. The number of benzene rings is 3. The quantitative estimate of drug-likeness (QED) is 0.292. The molecule has 0 bridgehead atoms. The van der Waals surface area contributed by atoms with Gasteiger partial charge in [-0.2, -0.15) is 5.10 Å². The van der Waals surface area contributed by atoms with Crippen LogP contribution in [0.3, 0.4) is 0 Å². The van der Waals surface area contributed by atoms with Crippen LogP contribution in [0.5, 0.6) is 5.75 Å². The lowest BCUT2D eigenvalue weighted by atomic mass is 10.1. The van der Waals surface area contributed by atoms with Crippen LogP contribution in [0, 0.1) is 13.8 Å². The normalized spacial score (nSPS) is 10.8. The van der Waals surface area contributed by atoms with E-state index in [0.717, 1.165) is 16.7 Å². The Morgan fingerprint density at radius 3 is 2.34 bits per heavy atom. The van der Waals surface area contributed by atoms with Gasteiger partial charge in [0.1, 0.15) is 12.4 Å². The first-order valence-electron chi connectivity index (χ1n) is 9.71. The molecule has 0 heterocycles. The Morgan fingerprint density at radius 2 is 1.66 bits per heavy atom. The number of halogens is 2. The van der Waals surface area contributed by atoms with E-state index in [1.807, 2.05) is 50.2 Å². The molecule has 0 aliphatic carbocycles. The van der Waals surface area contributed by atoms with Gasteiger partial charge < -0.3 is 10.1 Å². The third kappa shape index (κ3) is 6.09. The molecule has 0 radical (unpaired) electrons. The molecule has 3 rings (SSSR count). The summed E-state index contributed by atoms with van der Waals surface area (Å²) in [6.07, 6.45) is 1.38. The van der Waals surface area contributed by atoms with Gasteiger partial charge in [0.05, 0.1) is 11.2 Å². The molecule has 0 aromatic heterocycles. The van der Waals surface area contributed by atoms with Crippen LogP contribution in [0.1, 0.15) is 22.3 Å². The molecule has 6 nitrogen and oxygen atoms in total. The lowest BCUT2D eigenvalue weighted by Gasteiger charge is -2.10. The number of carbonyl (C=O) groups excluding carboxylic acids is 2. The number of aryl methyl sites for hydroxylation is 2. The van der Waals surface area contributed by atoms with E-state index in [2.05, 4.69) is 15.8 Å². The molecule has 3 aromatic rings. The van der Waals surface area contributed by atoms with E-state index in [0.29, 0.717) is 27.0 Å². The maximum absolute atomic E-state index is 12.1. The Bertz CT molecular complexity index is 1160. The van der Waals surface area contributed by atoms with Crippen LogP contribution in [0.25, 0.3) is 0 Å². The average molecular weight is 470 g/mol. The molecule has 0 saturated carbocycles. The molecule has 32 heavy (non-hydrogen) atoms. The van der Waals surface area contributed by atoms with Gasteiger partial charge in [-0.05, 0) is 54.8 Å². The number of nitrogens with one attached hydrogen (secondary N) is 2. The number of ether oxygens (including phenoxy) is 1. The molecule has 3 aromatic carbocycles. The summed E-state index contributed by atoms with van der Waals surface area (Å²) in [7, 11) is 0. The second-order valence-corrected chi connectivity index (χ2v) is 7.80. The zero-order valence-electron chi connectivity index (χ0n) is 17.5. The van der Waals surface area contributed by atoms with E-state index in [-0.39, 0.29) is 6.61 Å². The van der Waals surface area contributed by atoms with E-state index in [1.165, 1.54) is 6.21 Å². The van der Waals surface area contributed by atoms with E-state index in [1.54, 1.807) is 24.3 Å². The molecule has 0 aliphatic rings. The van der Waals surface area contributed by atoms with E-state index >= 15 is 0 Å². The maximum atomic E-state index is 12.1. The highest BCUT2D eigenvalue weighted by molar-refractivity contribution is 6.39. The number of carbonyl (C=O) groups is 2. The number of hydrogen-bond donors (Lipinski definition) is 2. The highest BCUT2D eigenvalue weighted by Gasteiger charge is 2.15. The molecule has 2 N–H and O–H groups in total. The van der Waals surface area contributed by atoms with Crippen molar-refractivity contribution in [3.63, 3.8) is 0 Å². The zero-order valence-corrected chi connectivity index (χ0v) is 19.0. The molecule has 0 spiro atoms.